The Morgan fingerprint density at radius 3 is 2.36 bits per heavy atom. The van der Waals surface area contributed by atoms with E-state index in [-0.39, 0.29) is 0 Å². The first-order valence-corrected chi connectivity index (χ1v) is 3.00. The van der Waals surface area contributed by atoms with Crippen LogP contribution in [0.25, 0.3) is 0 Å². The molecule has 1 unspecified atom stereocenters. The van der Waals surface area contributed by atoms with E-state index in [1.165, 1.54) is 7.05 Å². The van der Waals surface area contributed by atoms with Crippen molar-refractivity contribution in [3.8, 4) is 0 Å². The fourth-order valence-electron chi connectivity index (χ4n) is 0.355. The fraction of sp³-hybridized carbons (Fsp3) is 0.600. The second-order valence-electron chi connectivity index (χ2n) is 1.67. The van der Waals surface area contributed by atoms with E-state index in [4.69, 9.17) is 11.6 Å². The number of hydrogen-bond acceptors (Lipinski definition) is 2. The molecule has 1 atom stereocenters. The standard InChI is InChI=1S/C5H5ClF3NO/c1-10-2-3(6)4(11)5(7,8)9/h2-3H,1H3. The van der Waals surface area contributed by atoms with E-state index in [1.54, 1.807) is 0 Å². The smallest absolute Gasteiger partial charge is 0.299 e. The summed E-state index contributed by atoms with van der Waals surface area (Å²) in [6, 6.07) is 0. The molecule has 11 heavy (non-hydrogen) atoms. The number of aliphatic imine (C=N–C) groups is 1. The first kappa shape index (κ1) is 10.4. The molecule has 0 N–H and O–H groups in total. The Kier molecular flexibility index (Phi) is 3.51. The molecule has 0 rings (SSSR count). The molecule has 0 amide bonds. The molecule has 0 saturated carbocycles. The van der Waals surface area contributed by atoms with Crippen molar-refractivity contribution in [3.63, 3.8) is 0 Å². The van der Waals surface area contributed by atoms with E-state index in [2.05, 4.69) is 4.99 Å². The molecule has 0 fully saturated rings. The second kappa shape index (κ2) is 3.71. The molecule has 0 aromatic rings. The lowest BCUT2D eigenvalue weighted by atomic mass is 10.3. The molecule has 0 bridgehead atoms. The Bertz CT molecular complexity index is 177. The van der Waals surface area contributed by atoms with Gasteiger partial charge in [-0.2, -0.15) is 13.2 Å². The van der Waals surface area contributed by atoms with Gasteiger partial charge in [0.25, 0.3) is 5.78 Å². The Morgan fingerprint density at radius 2 is 2.09 bits per heavy atom. The van der Waals surface area contributed by atoms with Crippen LogP contribution in [-0.2, 0) is 4.79 Å². The average Bonchev–Trinajstić information content (AvgIpc) is 1.85. The molecule has 64 valence electrons. The highest BCUT2D eigenvalue weighted by atomic mass is 35.5. The predicted molar refractivity (Wildman–Crippen MR) is 35.1 cm³/mol. The van der Waals surface area contributed by atoms with Crippen LogP contribution in [0.2, 0.25) is 0 Å². The van der Waals surface area contributed by atoms with Crippen LogP contribution in [0.3, 0.4) is 0 Å². The van der Waals surface area contributed by atoms with Crippen LogP contribution in [0, 0.1) is 0 Å². The highest BCUT2D eigenvalue weighted by molar-refractivity contribution is 6.40. The van der Waals surface area contributed by atoms with Crippen LogP contribution in [-0.4, -0.2) is 30.6 Å². The van der Waals surface area contributed by atoms with Crippen molar-refractivity contribution >= 4 is 23.6 Å². The maximum Gasteiger partial charge on any atom is 0.451 e. The highest BCUT2D eigenvalue weighted by Gasteiger charge is 2.41. The van der Waals surface area contributed by atoms with Crippen molar-refractivity contribution < 1.29 is 18.0 Å². The van der Waals surface area contributed by atoms with Crippen molar-refractivity contribution in [1.29, 1.82) is 0 Å². The zero-order chi connectivity index (χ0) is 9.07. The topological polar surface area (TPSA) is 29.4 Å². The first-order chi connectivity index (χ1) is 4.89. The number of hydrogen-bond donors (Lipinski definition) is 0. The van der Waals surface area contributed by atoms with Crippen LogP contribution in [0.1, 0.15) is 0 Å². The summed E-state index contributed by atoms with van der Waals surface area (Å²) < 4.78 is 34.6. The molecule has 0 radical (unpaired) electrons. The molecule has 0 aliphatic heterocycles. The number of carbonyl (C=O) groups excluding carboxylic acids is 1. The third-order valence-electron chi connectivity index (χ3n) is 0.810. The fourth-order valence-corrected chi connectivity index (χ4v) is 0.591. The van der Waals surface area contributed by atoms with E-state index >= 15 is 0 Å². The summed E-state index contributed by atoms with van der Waals surface area (Å²) in [6.45, 7) is 0. The normalized spacial score (nSPS) is 15.4. The van der Waals surface area contributed by atoms with E-state index < -0.39 is 17.3 Å². The van der Waals surface area contributed by atoms with Crippen LogP contribution < -0.4 is 0 Å². The van der Waals surface area contributed by atoms with Crippen molar-refractivity contribution in [2.45, 2.75) is 11.6 Å². The molecule has 6 heteroatoms. The van der Waals surface area contributed by atoms with Gasteiger partial charge in [0.2, 0.25) is 0 Å². The van der Waals surface area contributed by atoms with Gasteiger partial charge in [0, 0.05) is 13.3 Å². The molecule has 0 heterocycles. The van der Waals surface area contributed by atoms with Gasteiger partial charge in [-0.1, -0.05) is 0 Å². The third kappa shape index (κ3) is 3.36. The zero-order valence-electron chi connectivity index (χ0n) is 5.52. The number of carbonyl (C=O) groups is 1. The van der Waals surface area contributed by atoms with Gasteiger partial charge in [0.05, 0.1) is 0 Å². The van der Waals surface area contributed by atoms with Crippen LogP contribution in [0.15, 0.2) is 4.99 Å². The number of ketones is 1. The second-order valence-corrected chi connectivity index (χ2v) is 2.14. The lowest BCUT2D eigenvalue weighted by Crippen LogP contribution is -2.31. The molecular weight excluding hydrogens is 183 g/mol. The summed E-state index contributed by atoms with van der Waals surface area (Å²) in [5.41, 5.74) is 0. The average molecular weight is 188 g/mol. The SMILES string of the molecule is CN=CC(Cl)C(=O)C(F)(F)F. The Labute approximate surface area is 66.1 Å². The number of halogens is 4. The van der Waals surface area contributed by atoms with Crippen LogP contribution in [0.5, 0.6) is 0 Å². The minimum atomic E-state index is -4.88. The molecular formula is C5H5ClF3NO. The lowest BCUT2D eigenvalue weighted by Gasteiger charge is -2.05. The van der Waals surface area contributed by atoms with Crippen molar-refractivity contribution in [2.75, 3.05) is 7.05 Å². The number of rotatable bonds is 2. The van der Waals surface area contributed by atoms with Crippen molar-refractivity contribution in [1.82, 2.24) is 0 Å². The van der Waals surface area contributed by atoms with E-state index in [9.17, 15) is 18.0 Å². The maximum absolute atomic E-state index is 11.5. The number of alkyl halides is 4. The Balaban J connectivity index is 4.26. The summed E-state index contributed by atoms with van der Waals surface area (Å²) in [7, 11) is 1.24. The van der Waals surface area contributed by atoms with Gasteiger partial charge >= 0.3 is 6.18 Å². The molecule has 0 spiro atoms. The van der Waals surface area contributed by atoms with Gasteiger partial charge in [-0.15, -0.1) is 11.6 Å². The van der Waals surface area contributed by atoms with Gasteiger partial charge in [-0.25, -0.2) is 0 Å². The molecule has 0 aromatic heterocycles. The number of nitrogens with zero attached hydrogens (tertiary/aromatic N) is 1. The van der Waals surface area contributed by atoms with Gasteiger partial charge in [-0.05, 0) is 0 Å². The summed E-state index contributed by atoms with van der Waals surface area (Å²) in [6.07, 6.45) is -4.15. The summed E-state index contributed by atoms with van der Waals surface area (Å²) >= 11 is 5.00. The molecule has 2 nitrogen and oxygen atoms in total. The Hall–Kier alpha value is -0.580. The molecule has 0 aliphatic carbocycles. The molecule has 0 saturated heterocycles. The van der Waals surface area contributed by atoms with Crippen molar-refractivity contribution in [2.24, 2.45) is 4.99 Å². The van der Waals surface area contributed by atoms with Gasteiger partial charge < -0.3 is 0 Å². The molecule has 0 aliphatic rings. The summed E-state index contributed by atoms with van der Waals surface area (Å²) in [5.74, 6) is -2.00. The zero-order valence-corrected chi connectivity index (χ0v) is 6.28. The minimum absolute atomic E-state index is 0.734. The van der Waals surface area contributed by atoms with Gasteiger partial charge in [0.1, 0.15) is 5.38 Å². The van der Waals surface area contributed by atoms with Gasteiger partial charge in [0.15, 0.2) is 0 Å². The van der Waals surface area contributed by atoms with E-state index in [0.717, 1.165) is 6.21 Å². The van der Waals surface area contributed by atoms with Crippen LogP contribution >= 0.6 is 11.6 Å². The number of Topliss-reactive ketones (excluding diaryl/α,β-unsaturated/α-hetero) is 1. The highest BCUT2D eigenvalue weighted by Crippen LogP contribution is 2.19. The van der Waals surface area contributed by atoms with Gasteiger partial charge in [-0.3, -0.25) is 9.79 Å². The van der Waals surface area contributed by atoms with Crippen LogP contribution in [0.4, 0.5) is 13.2 Å². The van der Waals surface area contributed by atoms with Crippen molar-refractivity contribution in [3.05, 3.63) is 0 Å². The van der Waals surface area contributed by atoms with E-state index in [1.807, 2.05) is 0 Å². The molecule has 0 aromatic carbocycles. The quantitative estimate of drug-likeness (QED) is 0.475. The largest absolute Gasteiger partial charge is 0.451 e. The predicted octanol–water partition coefficient (Wildman–Crippen LogP) is 1.43. The Morgan fingerprint density at radius 1 is 1.64 bits per heavy atom. The van der Waals surface area contributed by atoms with E-state index in [0.29, 0.717) is 0 Å². The summed E-state index contributed by atoms with van der Waals surface area (Å²) in [5, 5.41) is -1.71. The third-order valence-corrected chi connectivity index (χ3v) is 1.12. The summed E-state index contributed by atoms with van der Waals surface area (Å²) in [4.78, 5) is 13.4. The first-order valence-electron chi connectivity index (χ1n) is 2.57. The maximum atomic E-state index is 11.5. The lowest BCUT2D eigenvalue weighted by molar-refractivity contribution is -0.169. The minimum Gasteiger partial charge on any atom is -0.299 e. The monoisotopic (exact) mass is 187 g/mol.